The van der Waals surface area contributed by atoms with Crippen molar-refractivity contribution in [3.8, 4) is 5.75 Å². The van der Waals surface area contributed by atoms with Crippen molar-refractivity contribution in [2.24, 2.45) is 0 Å². The van der Waals surface area contributed by atoms with Crippen LogP contribution >= 0.6 is 0 Å². The molecule has 8 nitrogen and oxygen atoms in total. The SMILES string of the molecule is COc1ccc(CN2CCN(c3ccc(S(C)(=O)=O)cc3[N+](=O)[O-])CC2)cc1F. The lowest BCUT2D eigenvalue weighted by atomic mass is 10.1. The molecule has 0 amide bonds. The van der Waals surface area contributed by atoms with Crippen LogP contribution in [0.2, 0.25) is 0 Å². The molecule has 0 spiro atoms. The number of methoxy groups -OCH3 is 1. The van der Waals surface area contributed by atoms with Crippen LogP contribution < -0.4 is 9.64 Å². The van der Waals surface area contributed by atoms with Gasteiger partial charge in [0.2, 0.25) is 0 Å². The molecule has 10 heteroatoms. The van der Waals surface area contributed by atoms with E-state index in [1.54, 1.807) is 6.07 Å². The largest absolute Gasteiger partial charge is 0.494 e. The summed E-state index contributed by atoms with van der Waals surface area (Å²) >= 11 is 0. The molecule has 1 heterocycles. The van der Waals surface area contributed by atoms with Gasteiger partial charge in [0.15, 0.2) is 21.4 Å². The Morgan fingerprint density at radius 3 is 2.38 bits per heavy atom. The van der Waals surface area contributed by atoms with E-state index in [1.165, 1.54) is 25.3 Å². The van der Waals surface area contributed by atoms with E-state index in [0.29, 0.717) is 38.4 Å². The van der Waals surface area contributed by atoms with E-state index in [1.807, 2.05) is 11.0 Å². The molecule has 1 aliphatic rings. The second-order valence-corrected chi connectivity index (χ2v) is 8.93. The second kappa shape index (κ2) is 8.34. The Morgan fingerprint density at radius 2 is 1.83 bits per heavy atom. The zero-order valence-electron chi connectivity index (χ0n) is 16.2. The Bertz CT molecular complexity index is 1020. The van der Waals surface area contributed by atoms with E-state index in [9.17, 15) is 22.9 Å². The van der Waals surface area contributed by atoms with Crippen LogP contribution in [0.1, 0.15) is 5.56 Å². The fraction of sp³-hybridized carbons (Fsp3) is 0.368. The van der Waals surface area contributed by atoms with Crippen LogP contribution in [0.5, 0.6) is 5.75 Å². The third-order valence-corrected chi connectivity index (χ3v) is 6.02. The van der Waals surface area contributed by atoms with Crippen molar-refractivity contribution in [1.82, 2.24) is 4.90 Å². The zero-order valence-corrected chi connectivity index (χ0v) is 17.0. The predicted molar refractivity (Wildman–Crippen MR) is 107 cm³/mol. The number of hydrogen-bond donors (Lipinski definition) is 0. The molecular formula is C19H22FN3O5S. The van der Waals surface area contributed by atoms with Crippen molar-refractivity contribution in [2.75, 3.05) is 44.4 Å². The first-order valence-corrected chi connectivity index (χ1v) is 10.9. The van der Waals surface area contributed by atoms with Gasteiger partial charge >= 0.3 is 0 Å². The van der Waals surface area contributed by atoms with E-state index in [-0.39, 0.29) is 16.3 Å². The van der Waals surface area contributed by atoms with Gasteiger partial charge < -0.3 is 9.64 Å². The van der Waals surface area contributed by atoms with Gasteiger partial charge in [-0.05, 0) is 29.8 Å². The Labute approximate surface area is 168 Å². The molecule has 0 atom stereocenters. The van der Waals surface area contributed by atoms with E-state index < -0.39 is 20.6 Å². The number of sulfone groups is 1. The number of ether oxygens (including phenoxy) is 1. The number of hydrogen-bond acceptors (Lipinski definition) is 7. The van der Waals surface area contributed by atoms with Gasteiger partial charge in [-0.3, -0.25) is 15.0 Å². The standard InChI is InChI=1S/C19H22FN3O5S/c1-28-19-6-3-14(11-16(19)20)13-21-7-9-22(10-8-21)17-5-4-15(29(2,26)27)12-18(17)23(24)25/h3-6,11-12H,7-10,13H2,1-2H3. The highest BCUT2D eigenvalue weighted by atomic mass is 32.2. The van der Waals surface area contributed by atoms with Crippen molar-refractivity contribution >= 4 is 21.2 Å². The van der Waals surface area contributed by atoms with Gasteiger partial charge in [0.1, 0.15) is 5.69 Å². The molecule has 0 N–H and O–H groups in total. The molecular weight excluding hydrogens is 401 g/mol. The number of nitro benzene ring substituents is 1. The normalized spacial score (nSPS) is 15.3. The van der Waals surface area contributed by atoms with Gasteiger partial charge in [0, 0.05) is 45.0 Å². The highest BCUT2D eigenvalue weighted by Crippen LogP contribution is 2.31. The molecule has 3 rings (SSSR count). The molecule has 1 saturated heterocycles. The molecule has 0 unspecified atom stereocenters. The summed E-state index contributed by atoms with van der Waals surface area (Å²) in [5, 5.41) is 11.5. The van der Waals surface area contributed by atoms with Crippen molar-refractivity contribution in [1.29, 1.82) is 0 Å². The summed E-state index contributed by atoms with van der Waals surface area (Å²) in [6.07, 6.45) is 1.02. The van der Waals surface area contributed by atoms with Gasteiger partial charge in [0.05, 0.1) is 16.9 Å². The minimum atomic E-state index is -3.53. The third kappa shape index (κ3) is 4.83. The summed E-state index contributed by atoms with van der Waals surface area (Å²) in [6.45, 7) is 2.91. The summed E-state index contributed by atoms with van der Waals surface area (Å²) in [5.74, 6) is -0.214. The van der Waals surface area contributed by atoms with Crippen LogP contribution in [0.3, 0.4) is 0 Å². The van der Waals surface area contributed by atoms with Crippen molar-refractivity contribution in [3.63, 3.8) is 0 Å². The first-order chi connectivity index (χ1) is 13.7. The maximum atomic E-state index is 13.9. The number of piperazine rings is 1. The lowest BCUT2D eigenvalue weighted by molar-refractivity contribution is -0.384. The van der Waals surface area contributed by atoms with Crippen molar-refractivity contribution < 1.29 is 22.5 Å². The Hall–Kier alpha value is -2.72. The minimum absolute atomic E-state index is 0.0758. The molecule has 0 aliphatic carbocycles. The van der Waals surface area contributed by atoms with Crippen LogP contribution in [0.15, 0.2) is 41.3 Å². The molecule has 2 aromatic carbocycles. The monoisotopic (exact) mass is 423 g/mol. The molecule has 0 radical (unpaired) electrons. The van der Waals surface area contributed by atoms with E-state index >= 15 is 0 Å². The van der Waals surface area contributed by atoms with Crippen LogP contribution in [-0.2, 0) is 16.4 Å². The Balaban J connectivity index is 1.70. The summed E-state index contributed by atoms with van der Waals surface area (Å²) < 4.78 is 42.2. The first kappa shape index (κ1) is 21.0. The van der Waals surface area contributed by atoms with Crippen LogP contribution in [0.25, 0.3) is 0 Å². The minimum Gasteiger partial charge on any atom is -0.494 e. The molecule has 1 fully saturated rings. The summed E-state index contributed by atoms with van der Waals surface area (Å²) in [5.41, 5.74) is 0.997. The average molecular weight is 423 g/mol. The maximum Gasteiger partial charge on any atom is 0.293 e. The smallest absolute Gasteiger partial charge is 0.293 e. The fourth-order valence-electron chi connectivity index (χ4n) is 3.36. The molecule has 0 aromatic heterocycles. The van der Waals surface area contributed by atoms with Gasteiger partial charge in [-0.1, -0.05) is 6.07 Å². The summed E-state index contributed by atoms with van der Waals surface area (Å²) in [7, 11) is -2.11. The summed E-state index contributed by atoms with van der Waals surface area (Å²) in [4.78, 5) is 14.8. The Morgan fingerprint density at radius 1 is 1.14 bits per heavy atom. The molecule has 0 saturated carbocycles. The molecule has 0 bridgehead atoms. The number of nitro groups is 1. The lowest BCUT2D eigenvalue weighted by Gasteiger charge is -2.35. The first-order valence-electron chi connectivity index (χ1n) is 8.97. The number of anilines is 1. The molecule has 2 aromatic rings. The number of benzene rings is 2. The van der Waals surface area contributed by atoms with Crippen LogP contribution in [0, 0.1) is 15.9 Å². The van der Waals surface area contributed by atoms with Crippen LogP contribution in [-0.4, -0.2) is 57.8 Å². The van der Waals surface area contributed by atoms with Crippen molar-refractivity contribution in [3.05, 3.63) is 57.9 Å². The highest BCUT2D eigenvalue weighted by molar-refractivity contribution is 7.90. The fourth-order valence-corrected chi connectivity index (χ4v) is 4.00. The molecule has 29 heavy (non-hydrogen) atoms. The summed E-state index contributed by atoms with van der Waals surface area (Å²) in [6, 6.07) is 8.83. The van der Waals surface area contributed by atoms with Gasteiger partial charge in [-0.15, -0.1) is 0 Å². The lowest BCUT2D eigenvalue weighted by Crippen LogP contribution is -2.46. The zero-order chi connectivity index (χ0) is 21.2. The average Bonchev–Trinajstić information content (AvgIpc) is 2.67. The number of nitrogens with zero attached hydrogens (tertiary/aromatic N) is 3. The number of rotatable bonds is 6. The predicted octanol–water partition coefficient (Wildman–Crippen LogP) is 2.47. The van der Waals surface area contributed by atoms with Gasteiger partial charge in [-0.25, -0.2) is 12.8 Å². The van der Waals surface area contributed by atoms with Gasteiger partial charge in [0.25, 0.3) is 5.69 Å². The number of halogens is 1. The van der Waals surface area contributed by atoms with Crippen LogP contribution in [0.4, 0.5) is 15.8 Å². The third-order valence-electron chi connectivity index (χ3n) is 4.91. The van der Waals surface area contributed by atoms with Crippen molar-refractivity contribution in [2.45, 2.75) is 11.4 Å². The van der Waals surface area contributed by atoms with E-state index in [2.05, 4.69) is 4.90 Å². The second-order valence-electron chi connectivity index (χ2n) is 6.91. The van der Waals surface area contributed by atoms with E-state index in [0.717, 1.165) is 17.9 Å². The molecule has 1 aliphatic heterocycles. The highest BCUT2D eigenvalue weighted by Gasteiger charge is 2.25. The topological polar surface area (TPSA) is 93.0 Å². The van der Waals surface area contributed by atoms with Gasteiger partial charge in [-0.2, -0.15) is 0 Å². The maximum absolute atomic E-state index is 13.9. The molecule has 156 valence electrons. The quantitative estimate of drug-likeness (QED) is 0.520. The van der Waals surface area contributed by atoms with E-state index in [4.69, 9.17) is 4.74 Å². The Kier molecular flexibility index (Phi) is 6.04.